The predicted octanol–water partition coefficient (Wildman–Crippen LogP) is 5.08. The van der Waals surface area contributed by atoms with Gasteiger partial charge in [-0.05, 0) is 45.4 Å². The monoisotopic (exact) mass is 501 g/mol. The molecule has 0 fully saturated rings. The number of nitrogens with zero attached hydrogens (tertiary/aromatic N) is 2. The molecule has 2 heterocycles. The summed E-state index contributed by atoms with van der Waals surface area (Å²) in [6.45, 7) is 7.06. The fourth-order valence-electron chi connectivity index (χ4n) is 3.34. The Bertz CT molecular complexity index is 1160. The molecule has 2 aromatic rings. The molecule has 10 nitrogen and oxygen atoms in total. The average molecular weight is 502 g/mol. The first-order valence-electron chi connectivity index (χ1n) is 11.0. The normalized spacial score (nSPS) is 18.6. The number of benzene rings is 1. The molecule has 1 aromatic heterocycles. The smallest absolute Gasteiger partial charge is 0.411 e. The molecule has 1 aromatic carbocycles. The van der Waals surface area contributed by atoms with Crippen molar-refractivity contribution < 1.29 is 23.9 Å². The highest BCUT2D eigenvalue weighted by molar-refractivity contribution is 6.32. The van der Waals surface area contributed by atoms with Gasteiger partial charge in [-0.15, -0.1) is 5.10 Å². The summed E-state index contributed by atoms with van der Waals surface area (Å²) >= 11 is 6.40. The van der Waals surface area contributed by atoms with E-state index in [-0.39, 0.29) is 11.1 Å². The second-order valence-corrected chi connectivity index (χ2v) is 9.35. The van der Waals surface area contributed by atoms with Gasteiger partial charge in [0, 0.05) is 16.8 Å². The van der Waals surface area contributed by atoms with E-state index in [0.29, 0.717) is 34.6 Å². The first kappa shape index (κ1) is 26.0. The minimum atomic E-state index is -0.677. The molecule has 0 saturated carbocycles. The van der Waals surface area contributed by atoms with Gasteiger partial charge in [0.1, 0.15) is 5.60 Å². The quantitative estimate of drug-likeness (QED) is 0.489. The Labute approximate surface area is 208 Å². The van der Waals surface area contributed by atoms with Crippen LogP contribution < -0.4 is 16.0 Å². The Kier molecular flexibility index (Phi) is 7.96. The number of carbonyl (C=O) groups is 3. The van der Waals surface area contributed by atoms with Gasteiger partial charge in [-0.25, -0.2) is 9.59 Å². The van der Waals surface area contributed by atoms with Crippen LogP contribution in [0.4, 0.5) is 21.0 Å². The molecule has 3 rings (SSSR count). The van der Waals surface area contributed by atoms with Crippen molar-refractivity contribution in [3.8, 4) is 11.1 Å². The number of methoxy groups -OCH3 is 1. The van der Waals surface area contributed by atoms with Crippen molar-refractivity contribution in [1.29, 1.82) is 0 Å². The van der Waals surface area contributed by atoms with Crippen molar-refractivity contribution >= 4 is 41.1 Å². The van der Waals surface area contributed by atoms with Crippen LogP contribution in [-0.2, 0) is 14.3 Å². The van der Waals surface area contributed by atoms with E-state index in [1.165, 1.54) is 7.11 Å². The maximum absolute atomic E-state index is 12.9. The number of anilines is 2. The number of aromatic nitrogens is 2. The first-order chi connectivity index (χ1) is 16.5. The van der Waals surface area contributed by atoms with E-state index >= 15 is 0 Å². The zero-order valence-electron chi connectivity index (χ0n) is 20.1. The number of rotatable bonds is 2. The minimum absolute atomic E-state index is 0.106. The maximum Gasteiger partial charge on any atom is 0.411 e. The summed E-state index contributed by atoms with van der Waals surface area (Å²) in [5.41, 5.74) is 1.65. The van der Waals surface area contributed by atoms with Crippen molar-refractivity contribution in [2.24, 2.45) is 5.92 Å². The van der Waals surface area contributed by atoms with Crippen LogP contribution in [-0.4, -0.2) is 41.0 Å². The largest absolute Gasteiger partial charge is 0.453 e. The lowest BCUT2D eigenvalue weighted by molar-refractivity contribution is -0.118. The van der Waals surface area contributed by atoms with E-state index in [0.717, 1.165) is 0 Å². The van der Waals surface area contributed by atoms with Crippen LogP contribution in [0.3, 0.4) is 0 Å². The van der Waals surface area contributed by atoms with Crippen molar-refractivity contribution in [2.45, 2.75) is 45.8 Å². The van der Waals surface area contributed by atoms with E-state index in [1.807, 2.05) is 0 Å². The summed E-state index contributed by atoms with van der Waals surface area (Å²) in [6, 6.07) is 6.05. The second-order valence-electron chi connectivity index (χ2n) is 8.99. The number of ether oxygens (including phenoxy) is 2. The first-order valence-corrected chi connectivity index (χ1v) is 11.3. The number of amides is 3. The predicted molar refractivity (Wildman–Crippen MR) is 132 cm³/mol. The number of halogens is 1. The summed E-state index contributed by atoms with van der Waals surface area (Å²) in [7, 11) is 1.25. The highest BCUT2D eigenvalue weighted by Gasteiger charge is 2.24. The molecular weight excluding hydrogens is 474 g/mol. The highest BCUT2D eigenvalue weighted by atomic mass is 35.5. The zero-order valence-corrected chi connectivity index (χ0v) is 20.9. The van der Waals surface area contributed by atoms with Crippen LogP contribution in [0.15, 0.2) is 36.4 Å². The van der Waals surface area contributed by atoms with Gasteiger partial charge < -0.3 is 20.1 Å². The highest BCUT2D eigenvalue weighted by Crippen LogP contribution is 2.36. The summed E-state index contributed by atoms with van der Waals surface area (Å²) in [5.74, 6) is -0.755. The molecule has 0 saturated heterocycles. The second kappa shape index (κ2) is 10.7. The van der Waals surface area contributed by atoms with Crippen LogP contribution >= 0.6 is 11.6 Å². The van der Waals surface area contributed by atoms with E-state index in [1.54, 1.807) is 64.1 Å². The van der Waals surface area contributed by atoms with Crippen molar-refractivity contribution in [1.82, 2.24) is 15.5 Å². The van der Waals surface area contributed by atoms with E-state index in [2.05, 4.69) is 30.9 Å². The molecule has 1 aliphatic heterocycles. The molecule has 2 atom stereocenters. The summed E-state index contributed by atoms with van der Waals surface area (Å²) in [4.78, 5) is 37.0. The molecule has 3 amide bonds. The van der Waals surface area contributed by atoms with Gasteiger partial charge in [-0.2, -0.15) is 5.10 Å². The molecule has 1 unspecified atom stereocenters. The van der Waals surface area contributed by atoms with Gasteiger partial charge in [-0.1, -0.05) is 36.7 Å². The number of hydrogen-bond acceptors (Lipinski definition) is 7. The van der Waals surface area contributed by atoms with E-state index in [9.17, 15) is 14.4 Å². The Morgan fingerprint density at radius 2 is 1.89 bits per heavy atom. The maximum atomic E-state index is 12.9. The third kappa shape index (κ3) is 6.92. The van der Waals surface area contributed by atoms with Gasteiger partial charge in [0.2, 0.25) is 5.91 Å². The van der Waals surface area contributed by atoms with Gasteiger partial charge in [0.25, 0.3) is 0 Å². The molecule has 11 heteroatoms. The molecule has 35 heavy (non-hydrogen) atoms. The SMILES string of the molecule is COC(=O)Nc1ccc2c(c1)NC(=O)C(C)/C=C\C[C@H](NC(=O)OC(C)(C)C)c1cc-2c(Cl)nn1. The van der Waals surface area contributed by atoms with Crippen LogP contribution in [0.2, 0.25) is 5.15 Å². The average Bonchev–Trinajstić information content (AvgIpc) is 2.77. The Balaban J connectivity index is 2.09. The van der Waals surface area contributed by atoms with Gasteiger partial charge in [0.15, 0.2) is 5.15 Å². The fourth-order valence-corrected chi connectivity index (χ4v) is 3.53. The third-order valence-corrected chi connectivity index (χ3v) is 5.30. The van der Waals surface area contributed by atoms with Crippen LogP contribution in [0.25, 0.3) is 11.1 Å². The van der Waals surface area contributed by atoms with E-state index < -0.39 is 29.7 Å². The molecule has 0 radical (unpaired) electrons. The number of carbonyl (C=O) groups excluding carboxylic acids is 3. The lowest BCUT2D eigenvalue weighted by Gasteiger charge is -2.23. The lowest BCUT2D eigenvalue weighted by Crippen LogP contribution is -2.35. The standard InChI is InChI=1S/C24H28ClN5O5/c1-13-7-6-8-17(28-23(33)35-24(2,3)4)19-12-16(20(25)30-29-19)15-10-9-14(26-22(32)34-5)11-18(15)27-21(13)31/h6-7,9-13,17H,8H2,1-5H3,(H,26,32)(H,27,31)(H,28,33)/b7-6-/t13?,17-/m0/s1. The molecular formula is C24H28ClN5O5. The van der Waals surface area contributed by atoms with E-state index in [4.69, 9.17) is 16.3 Å². The van der Waals surface area contributed by atoms with Gasteiger partial charge in [0.05, 0.1) is 30.5 Å². The number of nitrogens with one attached hydrogen (secondary N) is 3. The molecule has 1 aliphatic rings. The molecule has 3 N–H and O–H groups in total. The van der Waals surface area contributed by atoms with Gasteiger partial charge in [-0.3, -0.25) is 10.1 Å². The number of fused-ring (bicyclic) bond motifs is 4. The third-order valence-electron chi connectivity index (χ3n) is 5.03. The van der Waals surface area contributed by atoms with Crippen LogP contribution in [0.1, 0.15) is 45.9 Å². The molecule has 0 aliphatic carbocycles. The minimum Gasteiger partial charge on any atom is -0.453 e. The summed E-state index contributed by atoms with van der Waals surface area (Å²) in [6.07, 6.45) is 2.62. The van der Waals surface area contributed by atoms with Crippen LogP contribution in [0, 0.1) is 5.92 Å². The lowest BCUT2D eigenvalue weighted by atomic mass is 9.99. The summed E-state index contributed by atoms with van der Waals surface area (Å²) < 4.78 is 10.0. The van der Waals surface area contributed by atoms with Crippen molar-refractivity contribution in [3.63, 3.8) is 0 Å². The number of alkyl carbamates (subject to hydrolysis) is 1. The zero-order chi connectivity index (χ0) is 25.8. The fraction of sp³-hybridized carbons (Fsp3) is 0.375. The van der Waals surface area contributed by atoms with Crippen LogP contribution in [0.5, 0.6) is 0 Å². The molecule has 2 bridgehead atoms. The van der Waals surface area contributed by atoms with Gasteiger partial charge >= 0.3 is 12.2 Å². The summed E-state index contributed by atoms with van der Waals surface area (Å²) in [5, 5.41) is 16.7. The van der Waals surface area contributed by atoms with Crippen molar-refractivity contribution in [2.75, 3.05) is 17.7 Å². The van der Waals surface area contributed by atoms with Crippen molar-refractivity contribution in [3.05, 3.63) is 47.3 Å². The Morgan fingerprint density at radius 3 is 2.57 bits per heavy atom. The molecule has 186 valence electrons. The number of hydrogen-bond donors (Lipinski definition) is 3. The molecule has 0 spiro atoms. The Morgan fingerprint density at radius 1 is 1.14 bits per heavy atom. The topological polar surface area (TPSA) is 132 Å². The Hall–Kier alpha value is -3.66.